The molecular formula is C11H20S. The lowest BCUT2D eigenvalue weighted by atomic mass is 10.0. The summed E-state index contributed by atoms with van der Waals surface area (Å²) in [6.45, 7) is 6.96. The molecule has 1 heteroatoms. The predicted octanol–water partition coefficient (Wildman–Crippen LogP) is 4.02. The van der Waals surface area contributed by atoms with Gasteiger partial charge >= 0.3 is 0 Å². The minimum atomic E-state index is 0.832. The van der Waals surface area contributed by atoms with Crippen molar-refractivity contribution in [2.75, 3.05) is 5.75 Å². The molecule has 0 bridgehead atoms. The first-order valence-electron chi connectivity index (χ1n) is 4.97. The highest BCUT2D eigenvalue weighted by atomic mass is 32.2. The largest absolute Gasteiger partial charge is 0.159 e. The normalized spacial score (nSPS) is 33.8. The van der Waals surface area contributed by atoms with Gasteiger partial charge in [-0.1, -0.05) is 18.1 Å². The Morgan fingerprint density at radius 3 is 2.67 bits per heavy atom. The van der Waals surface area contributed by atoms with Crippen LogP contribution < -0.4 is 0 Å². The predicted molar refractivity (Wildman–Crippen MR) is 58.8 cm³/mol. The maximum Gasteiger partial charge on any atom is 0.00558 e. The standard InChI is InChI=1S/C11H20S/c1-9-6-4-5-7-12-11(3)8-10(9)2/h11H,4-8H2,1-3H3/b10-9-. The highest BCUT2D eigenvalue weighted by molar-refractivity contribution is 7.99. The number of hydrogen-bond acceptors (Lipinski definition) is 1. The van der Waals surface area contributed by atoms with E-state index in [9.17, 15) is 0 Å². The van der Waals surface area contributed by atoms with Gasteiger partial charge in [-0.05, 0) is 45.3 Å². The summed E-state index contributed by atoms with van der Waals surface area (Å²) in [6, 6.07) is 0. The molecule has 1 heterocycles. The van der Waals surface area contributed by atoms with Crippen molar-refractivity contribution in [2.45, 2.75) is 51.7 Å². The molecule has 0 aromatic rings. The van der Waals surface area contributed by atoms with Crippen molar-refractivity contribution < 1.29 is 0 Å². The van der Waals surface area contributed by atoms with Gasteiger partial charge in [0, 0.05) is 5.25 Å². The molecule has 12 heavy (non-hydrogen) atoms. The van der Waals surface area contributed by atoms with E-state index in [0.29, 0.717) is 0 Å². The Morgan fingerprint density at radius 1 is 1.17 bits per heavy atom. The summed E-state index contributed by atoms with van der Waals surface area (Å²) in [6.07, 6.45) is 5.43. The fourth-order valence-electron chi connectivity index (χ4n) is 1.65. The van der Waals surface area contributed by atoms with Gasteiger partial charge in [0.15, 0.2) is 0 Å². The molecule has 0 radical (unpaired) electrons. The van der Waals surface area contributed by atoms with E-state index < -0.39 is 0 Å². The van der Waals surface area contributed by atoms with Gasteiger partial charge in [-0.3, -0.25) is 0 Å². The summed E-state index contributed by atoms with van der Waals surface area (Å²) in [7, 11) is 0. The molecule has 0 aromatic carbocycles. The van der Waals surface area contributed by atoms with Crippen LogP contribution in [-0.2, 0) is 0 Å². The van der Waals surface area contributed by atoms with Crippen molar-refractivity contribution in [1.29, 1.82) is 0 Å². The molecule has 0 N–H and O–H groups in total. The number of allylic oxidation sites excluding steroid dienone is 2. The number of hydrogen-bond donors (Lipinski definition) is 0. The molecule has 0 aliphatic carbocycles. The minimum absolute atomic E-state index is 0.832. The van der Waals surface area contributed by atoms with Crippen LogP contribution >= 0.6 is 11.8 Å². The fourth-order valence-corrected chi connectivity index (χ4v) is 2.80. The zero-order chi connectivity index (χ0) is 8.97. The molecule has 1 atom stereocenters. The van der Waals surface area contributed by atoms with Crippen LogP contribution in [0.25, 0.3) is 0 Å². The van der Waals surface area contributed by atoms with E-state index >= 15 is 0 Å². The fraction of sp³-hybridized carbons (Fsp3) is 0.818. The van der Waals surface area contributed by atoms with Gasteiger partial charge in [0.2, 0.25) is 0 Å². The summed E-state index contributed by atoms with van der Waals surface area (Å²) in [5.41, 5.74) is 3.28. The maximum absolute atomic E-state index is 2.35. The highest BCUT2D eigenvalue weighted by Gasteiger charge is 2.08. The molecule has 0 amide bonds. The van der Waals surface area contributed by atoms with Gasteiger partial charge in [0.25, 0.3) is 0 Å². The first kappa shape index (κ1) is 10.2. The molecule has 1 aliphatic rings. The zero-order valence-electron chi connectivity index (χ0n) is 8.52. The molecule has 70 valence electrons. The van der Waals surface area contributed by atoms with Crippen LogP contribution in [0.5, 0.6) is 0 Å². The monoisotopic (exact) mass is 184 g/mol. The van der Waals surface area contributed by atoms with Gasteiger partial charge < -0.3 is 0 Å². The van der Waals surface area contributed by atoms with Crippen molar-refractivity contribution in [3.8, 4) is 0 Å². The van der Waals surface area contributed by atoms with Crippen LogP contribution in [0.4, 0.5) is 0 Å². The van der Waals surface area contributed by atoms with Crippen LogP contribution in [0.3, 0.4) is 0 Å². The molecule has 0 saturated carbocycles. The van der Waals surface area contributed by atoms with E-state index in [1.807, 2.05) is 0 Å². The van der Waals surface area contributed by atoms with E-state index in [4.69, 9.17) is 0 Å². The van der Waals surface area contributed by atoms with Gasteiger partial charge in [-0.25, -0.2) is 0 Å². The second-order valence-electron chi connectivity index (χ2n) is 3.90. The summed E-state index contributed by atoms with van der Waals surface area (Å²) in [5, 5.41) is 0.832. The highest BCUT2D eigenvalue weighted by Crippen LogP contribution is 2.26. The Morgan fingerprint density at radius 2 is 1.92 bits per heavy atom. The first-order valence-corrected chi connectivity index (χ1v) is 6.02. The Balaban J connectivity index is 2.57. The van der Waals surface area contributed by atoms with E-state index in [2.05, 4.69) is 32.5 Å². The SMILES string of the molecule is C/C1=C(\C)CC(C)SCCCC1. The van der Waals surface area contributed by atoms with E-state index in [0.717, 1.165) is 5.25 Å². The van der Waals surface area contributed by atoms with Crippen LogP contribution in [-0.4, -0.2) is 11.0 Å². The molecule has 0 nitrogen and oxygen atoms in total. The maximum atomic E-state index is 2.35. The Labute approximate surface area is 80.8 Å². The Kier molecular flexibility index (Phi) is 4.20. The molecular weight excluding hydrogens is 164 g/mol. The summed E-state index contributed by atoms with van der Waals surface area (Å²) in [5.74, 6) is 1.36. The lowest BCUT2D eigenvalue weighted by Crippen LogP contribution is -1.98. The Bertz CT molecular complexity index is 170. The van der Waals surface area contributed by atoms with Crippen molar-refractivity contribution in [2.24, 2.45) is 0 Å². The van der Waals surface area contributed by atoms with Gasteiger partial charge in [-0.2, -0.15) is 11.8 Å². The molecule has 1 aliphatic heterocycles. The lowest BCUT2D eigenvalue weighted by molar-refractivity contribution is 0.786. The van der Waals surface area contributed by atoms with Crippen LogP contribution in [0.15, 0.2) is 11.1 Å². The average Bonchev–Trinajstić information content (AvgIpc) is 2.07. The quantitative estimate of drug-likeness (QED) is 0.512. The topological polar surface area (TPSA) is 0 Å². The van der Waals surface area contributed by atoms with Crippen molar-refractivity contribution in [1.82, 2.24) is 0 Å². The summed E-state index contributed by atoms with van der Waals surface area (Å²) >= 11 is 2.14. The third-order valence-electron chi connectivity index (χ3n) is 2.67. The van der Waals surface area contributed by atoms with Crippen LogP contribution in [0, 0.1) is 0 Å². The number of thioether (sulfide) groups is 1. The van der Waals surface area contributed by atoms with Gasteiger partial charge in [-0.15, -0.1) is 0 Å². The molecule has 1 rings (SSSR count). The summed E-state index contributed by atoms with van der Waals surface area (Å²) in [4.78, 5) is 0. The second kappa shape index (κ2) is 4.96. The number of rotatable bonds is 0. The first-order chi connectivity index (χ1) is 5.70. The van der Waals surface area contributed by atoms with E-state index in [1.165, 1.54) is 31.4 Å². The van der Waals surface area contributed by atoms with Gasteiger partial charge in [0.1, 0.15) is 0 Å². The zero-order valence-corrected chi connectivity index (χ0v) is 9.34. The van der Waals surface area contributed by atoms with Crippen molar-refractivity contribution in [3.63, 3.8) is 0 Å². The third-order valence-corrected chi connectivity index (χ3v) is 3.93. The Hall–Kier alpha value is 0.0900. The van der Waals surface area contributed by atoms with Crippen LogP contribution in [0.1, 0.15) is 46.5 Å². The third kappa shape index (κ3) is 3.22. The minimum Gasteiger partial charge on any atom is -0.159 e. The van der Waals surface area contributed by atoms with Crippen molar-refractivity contribution >= 4 is 11.8 Å². The smallest absolute Gasteiger partial charge is 0.00558 e. The lowest BCUT2D eigenvalue weighted by Gasteiger charge is -2.10. The van der Waals surface area contributed by atoms with Crippen molar-refractivity contribution in [3.05, 3.63) is 11.1 Å². The molecule has 1 unspecified atom stereocenters. The van der Waals surface area contributed by atoms with E-state index in [1.54, 1.807) is 11.1 Å². The molecule has 0 saturated heterocycles. The molecule has 0 spiro atoms. The van der Waals surface area contributed by atoms with Gasteiger partial charge in [0.05, 0.1) is 0 Å². The molecule has 0 aromatic heterocycles. The summed E-state index contributed by atoms with van der Waals surface area (Å²) < 4.78 is 0. The molecule has 0 fully saturated rings. The van der Waals surface area contributed by atoms with E-state index in [-0.39, 0.29) is 0 Å². The van der Waals surface area contributed by atoms with Crippen LogP contribution in [0.2, 0.25) is 0 Å². The average molecular weight is 184 g/mol. The second-order valence-corrected chi connectivity index (χ2v) is 5.45.